The van der Waals surface area contributed by atoms with E-state index in [4.69, 9.17) is 0 Å². The molecule has 1 aromatic carbocycles. The minimum atomic E-state index is 0.0991. The molecule has 1 unspecified atom stereocenters. The van der Waals surface area contributed by atoms with Gasteiger partial charge in [-0.25, -0.2) is 0 Å². The van der Waals surface area contributed by atoms with E-state index in [1.165, 1.54) is 0 Å². The molecule has 1 atom stereocenters. The van der Waals surface area contributed by atoms with Gasteiger partial charge in [-0.2, -0.15) is 0 Å². The van der Waals surface area contributed by atoms with Crippen LogP contribution in [0.25, 0.3) is 0 Å². The van der Waals surface area contributed by atoms with E-state index in [2.05, 4.69) is 20.9 Å². The second-order valence-corrected chi connectivity index (χ2v) is 6.26. The Bertz CT molecular complexity index is 657. The van der Waals surface area contributed by atoms with Gasteiger partial charge in [-0.15, -0.1) is 0 Å². The van der Waals surface area contributed by atoms with E-state index in [1.54, 1.807) is 6.20 Å². The molecule has 21 heavy (non-hydrogen) atoms. The van der Waals surface area contributed by atoms with Gasteiger partial charge in [-0.05, 0) is 49.1 Å². The smallest absolute Gasteiger partial charge is 0.254 e. The zero-order valence-electron chi connectivity index (χ0n) is 11.9. The lowest BCUT2D eigenvalue weighted by Crippen LogP contribution is -2.30. The number of hydrogen-bond donors (Lipinski definition) is 0. The zero-order chi connectivity index (χ0) is 14.8. The van der Waals surface area contributed by atoms with E-state index in [0.717, 1.165) is 40.5 Å². The van der Waals surface area contributed by atoms with Gasteiger partial charge in [0.2, 0.25) is 0 Å². The van der Waals surface area contributed by atoms with Crippen LogP contribution in [0.2, 0.25) is 0 Å². The fraction of sp³-hybridized carbons (Fsp3) is 0.294. The van der Waals surface area contributed by atoms with Crippen molar-refractivity contribution in [2.75, 3.05) is 6.54 Å². The Morgan fingerprint density at radius 3 is 2.95 bits per heavy atom. The molecule has 4 heteroatoms. The van der Waals surface area contributed by atoms with Crippen LogP contribution >= 0.6 is 15.9 Å². The van der Waals surface area contributed by atoms with E-state index in [9.17, 15) is 4.79 Å². The van der Waals surface area contributed by atoms with Crippen LogP contribution in [-0.4, -0.2) is 22.3 Å². The summed E-state index contributed by atoms with van der Waals surface area (Å²) in [4.78, 5) is 18.9. The van der Waals surface area contributed by atoms with Crippen LogP contribution in [0.4, 0.5) is 0 Å². The van der Waals surface area contributed by atoms with Gasteiger partial charge in [0.05, 0.1) is 6.04 Å². The van der Waals surface area contributed by atoms with Crippen LogP contribution in [0, 0.1) is 6.92 Å². The topological polar surface area (TPSA) is 33.2 Å². The average Bonchev–Trinajstić information content (AvgIpc) is 2.99. The molecule has 3 rings (SSSR count). The van der Waals surface area contributed by atoms with Crippen molar-refractivity contribution in [3.05, 3.63) is 63.9 Å². The molecule has 108 valence electrons. The Morgan fingerprint density at radius 1 is 1.38 bits per heavy atom. The minimum Gasteiger partial charge on any atom is -0.332 e. The third-order valence-corrected chi connectivity index (χ3v) is 4.86. The van der Waals surface area contributed by atoms with Crippen molar-refractivity contribution < 1.29 is 4.79 Å². The lowest BCUT2D eigenvalue weighted by Gasteiger charge is -2.25. The van der Waals surface area contributed by atoms with Gasteiger partial charge in [0.15, 0.2) is 0 Å². The van der Waals surface area contributed by atoms with E-state index in [-0.39, 0.29) is 11.9 Å². The molecule has 1 aliphatic rings. The number of halogens is 1. The Morgan fingerprint density at radius 2 is 2.24 bits per heavy atom. The molecule has 1 saturated heterocycles. The number of nitrogens with zero attached hydrogens (tertiary/aromatic N) is 2. The zero-order valence-corrected chi connectivity index (χ0v) is 13.5. The summed E-state index contributed by atoms with van der Waals surface area (Å²) < 4.78 is 0.977. The van der Waals surface area contributed by atoms with Crippen LogP contribution in [0.1, 0.15) is 40.4 Å². The molecule has 0 radical (unpaired) electrons. The standard InChI is InChI=1S/C17H17BrN2O/c1-12-6-7-13(10-15(12)18)17(21)20-9-3-5-16(20)14-4-2-8-19-11-14/h2,4,6-8,10-11,16H,3,5,9H2,1H3. The van der Waals surface area contributed by atoms with Gasteiger partial charge < -0.3 is 4.90 Å². The summed E-state index contributed by atoms with van der Waals surface area (Å²) in [5.41, 5.74) is 2.99. The van der Waals surface area contributed by atoms with E-state index in [0.29, 0.717) is 0 Å². The third-order valence-electron chi connectivity index (χ3n) is 4.00. The van der Waals surface area contributed by atoms with Crippen molar-refractivity contribution in [2.24, 2.45) is 0 Å². The number of amides is 1. The van der Waals surface area contributed by atoms with Crippen molar-refractivity contribution in [1.82, 2.24) is 9.88 Å². The first-order valence-corrected chi connectivity index (χ1v) is 7.93. The molecule has 0 N–H and O–H groups in total. The number of carbonyl (C=O) groups excluding carboxylic acids is 1. The Labute approximate surface area is 133 Å². The van der Waals surface area contributed by atoms with Crippen LogP contribution in [-0.2, 0) is 0 Å². The van der Waals surface area contributed by atoms with E-state index >= 15 is 0 Å². The van der Waals surface area contributed by atoms with Gasteiger partial charge in [0.25, 0.3) is 5.91 Å². The summed E-state index contributed by atoms with van der Waals surface area (Å²) in [7, 11) is 0. The van der Waals surface area contributed by atoms with Gasteiger partial charge in [0, 0.05) is 29.0 Å². The van der Waals surface area contributed by atoms with E-state index < -0.39 is 0 Å². The van der Waals surface area contributed by atoms with Crippen LogP contribution in [0.15, 0.2) is 47.2 Å². The highest BCUT2D eigenvalue weighted by Gasteiger charge is 2.30. The Hall–Kier alpha value is -1.68. The number of pyridine rings is 1. The first-order chi connectivity index (χ1) is 10.2. The van der Waals surface area contributed by atoms with Crippen LogP contribution in [0.5, 0.6) is 0 Å². The second kappa shape index (κ2) is 5.98. The molecule has 2 aromatic rings. The number of hydrogen-bond acceptors (Lipinski definition) is 2. The third kappa shape index (κ3) is 2.86. The molecule has 0 spiro atoms. The molecular formula is C17H17BrN2O. The van der Waals surface area contributed by atoms with Crippen LogP contribution in [0.3, 0.4) is 0 Å². The highest BCUT2D eigenvalue weighted by Crippen LogP contribution is 2.33. The van der Waals surface area contributed by atoms with Crippen molar-refractivity contribution in [1.29, 1.82) is 0 Å². The highest BCUT2D eigenvalue weighted by atomic mass is 79.9. The first-order valence-electron chi connectivity index (χ1n) is 7.14. The number of carbonyl (C=O) groups is 1. The van der Waals surface area contributed by atoms with Crippen molar-refractivity contribution in [2.45, 2.75) is 25.8 Å². The minimum absolute atomic E-state index is 0.0991. The predicted molar refractivity (Wildman–Crippen MR) is 86.1 cm³/mol. The largest absolute Gasteiger partial charge is 0.332 e. The average molecular weight is 345 g/mol. The first kappa shape index (κ1) is 14.3. The number of aromatic nitrogens is 1. The molecule has 3 nitrogen and oxygen atoms in total. The normalized spacial score (nSPS) is 18.0. The molecule has 1 fully saturated rings. The molecule has 0 saturated carbocycles. The maximum Gasteiger partial charge on any atom is 0.254 e. The van der Waals surface area contributed by atoms with E-state index in [1.807, 2.05) is 48.4 Å². The SMILES string of the molecule is Cc1ccc(C(=O)N2CCCC2c2cccnc2)cc1Br. The maximum absolute atomic E-state index is 12.8. The molecule has 2 heterocycles. The fourth-order valence-electron chi connectivity index (χ4n) is 2.82. The lowest BCUT2D eigenvalue weighted by molar-refractivity contribution is 0.0735. The maximum atomic E-state index is 12.8. The molecule has 0 aliphatic carbocycles. The molecular weight excluding hydrogens is 328 g/mol. The summed E-state index contributed by atoms with van der Waals surface area (Å²) in [5, 5.41) is 0. The van der Waals surface area contributed by atoms with Crippen LogP contribution < -0.4 is 0 Å². The monoisotopic (exact) mass is 344 g/mol. The molecule has 0 bridgehead atoms. The molecule has 1 amide bonds. The number of benzene rings is 1. The van der Waals surface area contributed by atoms with Crippen molar-refractivity contribution in [3.8, 4) is 0 Å². The highest BCUT2D eigenvalue weighted by molar-refractivity contribution is 9.10. The van der Waals surface area contributed by atoms with Gasteiger partial charge >= 0.3 is 0 Å². The van der Waals surface area contributed by atoms with Crippen molar-refractivity contribution >= 4 is 21.8 Å². The number of likely N-dealkylation sites (tertiary alicyclic amines) is 1. The number of rotatable bonds is 2. The van der Waals surface area contributed by atoms with Gasteiger partial charge in [-0.1, -0.05) is 28.1 Å². The summed E-state index contributed by atoms with van der Waals surface area (Å²) in [6, 6.07) is 9.92. The predicted octanol–water partition coefficient (Wildman–Crippen LogP) is 4.13. The summed E-state index contributed by atoms with van der Waals surface area (Å²) >= 11 is 3.50. The fourth-order valence-corrected chi connectivity index (χ4v) is 3.20. The van der Waals surface area contributed by atoms with Crippen molar-refractivity contribution in [3.63, 3.8) is 0 Å². The molecule has 1 aromatic heterocycles. The molecule has 1 aliphatic heterocycles. The summed E-state index contributed by atoms with van der Waals surface area (Å²) in [5.74, 6) is 0.0991. The van der Waals surface area contributed by atoms with Gasteiger partial charge in [0.1, 0.15) is 0 Å². The Balaban J connectivity index is 1.88. The lowest BCUT2D eigenvalue weighted by atomic mass is 10.1. The Kier molecular flexibility index (Phi) is 4.06. The van der Waals surface area contributed by atoms with Gasteiger partial charge in [-0.3, -0.25) is 9.78 Å². The summed E-state index contributed by atoms with van der Waals surface area (Å²) in [6.07, 6.45) is 5.67. The summed E-state index contributed by atoms with van der Waals surface area (Å²) in [6.45, 7) is 2.83. The number of aryl methyl sites for hydroxylation is 1. The second-order valence-electron chi connectivity index (χ2n) is 5.41. The quantitative estimate of drug-likeness (QED) is 0.820.